The second kappa shape index (κ2) is 3.31. The van der Waals surface area contributed by atoms with E-state index in [9.17, 15) is 0 Å². The van der Waals surface area contributed by atoms with Crippen molar-refractivity contribution >= 4 is 0 Å². The molecule has 1 aliphatic rings. The Hall–Kier alpha value is -0.760. The van der Waals surface area contributed by atoms with E-state index in [4.69, 9.17) is 9.15 Å². The van der Waals surface area contributed by atoms with Gasteiger partial charge in [-0.25, -0.2) is 0 Å². The highest BCUT2D eigenvalue weighted by molar-refractivity contribution is 5.19. The molecule has 1 unspecified atom stereocenters. The Kier molecular flexibility index (Phi) is 2.17. The normalized spacial score (nSPS) is 23.2. The molecule has 0 saturated heterocycles. The molecule has 0 spiro atoms. The smallest absolute Gasteiger partial charge is 0.107 e. The van der Waals surface area contributed by atoms with Crippen LogP contribution >= 0.6 is 0 Å². The van der Waals surface area contributed by atoms with Crippen molar-refractivity contribution in [3.05, 3.63) is 23.7 Å². The highest BCUT2D eigenvalue weighted by Gasteiger charge is 2.17. The first-order chi connectivity index (χ1) is 5.90. The van der Waals surface area contributed by atoms with Gasteiger partial charge in [-0.15, -0.1) is 0 Å². The molecule has 0 saturated carbocycles. The Labute approximate surface area is 72.5 Å². The van der Waals surface area contributed by atoms with Crippen molar-refractivity contribution in [3.63, 3.8) is 0 Å². The van der Waals surface area contributed by atoms with Crippen LogP contribution in [0.2, 0.25) is 0 Å². The summed E-state index contributed by atoms with van der Waals surface area (Å²) in [6, 6.07) is 2.06. The van der Waals surface area contributed by atoms with Gasteiger partial charge in [-0.1, -0.05) is 0 Å². The molecule has 0 amide bonds. The number of fused-ring (bicyclic) bond motifs is 1. The van der Waals surface area contributed by atoms with Crippen molar-refractivity contribution in [2.75, 3.05) is 7.11 Å². The third-order valence-corrected chi connectivity index (χ3v) is 2.55. The number of aryl methyl sites for hydroxylation is 1. The number of hydrogen-bond acceptors (Lipinski definition) is 2. The third kappa shape index (κ3) is 1.39. The van der Waals surface area contributed by atoms with Gasteiger partial charge in [0, 0.05) is 20.0 Å². The van der Waals surface area contributed by atoms with Gasteiger partial charge in [0.05, 0.1) is 12.4 Å². The van der Waals surface area contributed by atoms with Crippen LogP contribution < -0.4 is 0 Å². The van der Waals surface area contributed by atoms with E-state index < -0.39 is 0 Å². The van der Waals surface area contributed by atoms with Crippen LogP contribution in [-0.2, 0) is 17.6 Å². The topological polar surface area (TPSA) is 22.4 Å². The fourth-order valence-corrected chi connectivity index (χ4v) is 1.81. The second-order valence-corrected chi connectivity index (χ2v) is 3.32. The van der Waals surface area contributed by atoms with Gasteiger partial charge in [-0.3, -0.25) is 0 Å². The van der Waals surface area contributed by atoms with Crippen LogP contribution in [0.5, 0.6) is 0 Å². The molecule has 0 radical (unpaired) electrons. The first-order valence-electron chi connectivity index (χ1n) is 4.48. The molecule has 1 aromatic rings. The Balaban J connectivity index is 2.18. The van der Waals surface area contributed by atoms with Crippen LogP contribution in [-0.4, -0.2) is 13.2 Å². The van der Waals surface area contributed by atoms with Crippen molar-refractivity contribution in [1.82, 2.24) is 0 Å². The molecule has 0 fully saturated rings. The molecule has 0 N–H and O–H groups in total. The molecular weight excluding hydrogens is 152 g/mol. The largest absolute Gasteiger partial charge is 0.469 e. The summed E-state index contributed by atoms with van der Waals surface area (Å²) in [5.41, 5.74) is 1.33. The molecule has 0 bridgehead atoms. The maximum absolute atomic E-state index is 5.37. The maximum Gasteiger partial charge on any atom is 0.107 e. The molecule has 2 rings (SSSR count). The molecule has 1 atom stereocenters. The SMILES string of the molecule is COC1CCCc2occc2C1. The van der Waals surface area contributed by atoms with Gasteiger partial charge < -0.3 is 9.15 Å². The van der Waals surface area contributed by atoms with E-state index in [2.05, 4.69) is 6.07 Å². The summed E-state index contributed by atoms with van der Waals surface area (Å²) >= 11 is 0. The molecular formula is C10H14O2. The highest BCUT2D eigenvalue weighted by Crippen LogP contribution is 2.22. The van der Waals surface area contributed by atoms with Crippen molar-refractivity contribution < 1.29 is 9.15 Å². The quantitative estimate of drug-likeness (QED) is 0.596. The maximum atomic E-state index is 5.37. The van der Waals surface area contributed by atoms with Gasteiger partial charge in [0.15, 0.2) is 0 Å². The summed E-state index contributed by atoms with van der Waals surface area (Å²) in [7, 11) is 1.79. The Bertz CT molecular complexity index is 252. The standard InChI is InChI=1S/C10H14O2/c1-11-9-3-2-4-10-8(7-9)5-6-12-10/h5-6,9H,2-4,7H2,1H3. The summed E-state index contributed by atoms with van der Waals surface area (Å²) < 4.78 is 10.7. The van der Waals surface area contributed by atoms with Gasteiger partial charge in [0.1, 0.15) is 5.76 Å². The van der Waals surface area contributed by atoms with E-state index in [1.165, 1.54) is 12.0 Å². The van der Waals surface area contributed by atoms with E-state index in [-0.39, 0.29) is 0 Å². The Morgan fingerprint density at radius 2 is 2.50 bits per heavy atom. The number of furan rings is 1. The van der Waals surface area contributed by atoms with Crippen LogP contribution in [0.4, 0.5) is 0 Å². The predicted octanol–water partition coefficient (Wildman–Crippen LogP) is 2.17. The van der Waals surface area contributed by atoms with Crippen LogP contribution in [0.3, 0.4) is 0 Å². The minimum atomic E-state index is 0.392. The van der Waals surface area contributed by atoms with Gasteiger partial charge in [-0.05, 0) is 24.5 Å². The van der Waals surface area contributed by atoms with E-state index >= 15 is 0 Å². The van der Waals surface area contributed by atoms with E-state index in [0.29, 0.717) is 6.10 Å². The van der Waals surface area contributed by atoms with E-state index in [1.54, 1.807) is 13.4 Å². The van der Waals surface area contributed by atoms with Gasteiger partial charge in [-0.2, -0.15) is 0 Å². The first kappa shape index (κ1) is 7.87. The molecule has 0 aromatic carbocycles. The first-order valence-corrected chi connectivity index (χ1v) is 4.48. The summed E-state index contributed by atoms with van der Waals surface area (Å²) in [4.78, 5) is 0. The van der Waals surface area contributed by atoms with Crippen LogP contribution in [0.25, 0.3) is 0 Å². The number of ether oxygens (including phenoxy) is 1. The number of hydrogen-bond donors (Lipinski definition) is 0. The molecule has 66 valence electrons. The van der Waals surface area contributed by atoms with Gasteiger partial charge >= 0.3 is 0 Å². The summed E-state index contributed by atoms with van der Waals surface area (Å²) in [5, 5.41) is 0. The lowest BCUT2D eigenvalue weighted by Crippen LogP contribution is -2.11. The summed E-state index contributed by atoms with van der Waals surface area (Å²) in [6.07, 6.45) is 6.59. The molecule has 0 aliphatic heterocycles. The monoisotopic (exact) mass is 166 g/mol. The minimum absolute atomic E-state index is 0.392. The highest BCUT2D eigenvalue weighted by atomic mass is 16.5. The van der Waals surface area contributed by atoms with Crippen molar-refractivity contribution in [3.8, 4) is 0 Å². The van der Waals surface area contributed by atoms with Crippen molar-refractivity contribution in [1.29, 1.82) is 0 Å². The molecule has 1 aliphatic carbocycles. The van der Waals surface area contributed by atoms with Crippen molar-refractivity contribution in [2.24, 2.45) is 0 Å². The van der Waals surface area contributed by atoms with E-state index in [1.807, 2.05) is 0 Å². The lowest BCUT2D eigenvalue weighted by molar-refractivity contribution is 0.0960. The Morgan fingerprint density at radius 3 is 3.33 bits per heavy atom. The fraction of sp³-hybridized carbons (Fsp3) is 0.600. The molecule has 1 aromatic heterocycles. The fourth-order valence-electron chi connectivity index (χ4n) is 1.81. The number of rotatable bonds is 1. The molecule has 1 heterocycles. The summed E-state index contributed by atoms with van der Waals surface area (Å²) in [5.74, 6) is 1.16. The third-order valence-electron chi connectivity index (χ3n) is 2.55. The van der Waals surface area contributed by atoms with E-state index in [0.717, 1.165) is 25.0 Å². The van der Waals surface area contributed by atoms with Crippen molar-refractivity contribution in [2.45, 2.75) is 31.8 Å². The minimum Gasteiger partial charge on any atom is -0.469 e. The second-order valence-electron chi connectivity index (χ2n) is 3.32. The van der Waals surface area contributed by atoms with Crippen LogP contribution in [0.1, 0.15) is 24.2 Å². The zero-order valence-corrected chi connectivity index (χ0v) is 7.38. The lowest BCUT2D eigenvalue weighted by atomic mass is 10.1. The average molecular weight is 166 g/mol. The molecule has 2 heteroatoms. The average Bonchev–Trinajstić information content (AvgIpc) is 2.43. The number of methoxy groups -OCH3 is 1. The molecule has 2 nitrogen and oxygen atoms in total. The lowest BCUT2D eigenvalue weighted by Gasteiger charge is -2.10. The van der Waals surface area contributed by atoms with Gasteiger partial charge in [0.2, 0.25) is 0 Å². The summed E-state index contributed by atoms with van der Waals surface area (Å²) in [6.45, 7) is 0. The van der Waals surface area contributed by atoms with Crippen LogP contribution in [0.15, 0.2) is 16.7 Å². The molecule has 12 heavy (non-hydrogen) atoms. The Morgan fingerprint density at radius 1 is 1.58 bits per heavy atom. The zero-order valence-electron chi connectivity index (χ0n) is 7.38. The predicted molar refractivity (Wildman–Crippen MR) is 46.1 cm³/mol. The van der Waals surface area contributed by atoms with Crippen LogP contribution in [0, 0.1) is 0 Å². The zero-order chi connectivity index (χ0) is 8.39. The van der Waals surface area contributed by atoms with Gasteiger partial charge in [0.25, 0.3) is 0 Å².